The van der Waals surface area contributed by atoms with E-state index in [1.54, 1.807) is 6.07 Å². The fraction of sp³-hybridized carbons (Fsp3) is 0.176. The molecule has 0 saturated carbocycles. The second-order valence-electron chi connectivity index (χ2n) is 5.36. The number of benzene rings is 2. The van der Waals surface area contributed by atoms with Crippen molar-refractivity contribution >= 4 is 23.2 Å². The topological polar surface area (TPSA) is 113 Å². The number of nitrogens with one attached hydrogen (secondary N) is 3. The quantitative estimate of drug-likeness (QED) is 0.368. The lowest BCUT2D eigenvalue weighted by molar-refractivity contribution is -0.384. The minimum absolute atomic E-state index is 0.0857. The highest BCUT2D eigenvalue weighted by molar-refractivity contribution is 5.96. The number of carbonyl (C=O) groups excluding carboxylic acids is 2. The first kappa shape index (κ1) is 19.8. The molecule has 2 aromatic carbocycles. The molecule has 2 aromatic rings. The summed E-state index contributed by atoms with van der Waals surface area (Å²) < 4.78 is 26.3. The van der Waals surface area contributed by atoms with Crippen LogP contribution in [0.3, 0.4) is 0 Å². The molecule has 0 bridgehead atoms. The summed E-state index contributed by atoms with van der Waals surface area (Å²) in [4.78, 5) is 33.8. The zero-order valence-corrected chi connectivity index (χ0v) is 14.0. The Morgan fingerprint density at radius 3 is 2.48 bits per heavy atom. The Morgan fingerprint density at radius 2 is 1.78 bits per heavy atom. The number of anilines is 1. The zero-order valence-electron chi connectivity index (χ0n) is 14.0. The summed E-state index contributed by atoms with van der Waals surface area (Å²) >= 11 is 0. The molecule has 10 heteroatoms. The Balaban J connectivity index is 1.74. The van der Waals surface area contributed by atoms with Gasteiger partial charge in [0.25, 0.3) is 11.6 Å². The Morgan fingerprint density at radius 1 is 1.04 bits per heavy atom. The van der Waals surface area contributed by atoms with Crippen molar-refractivity contribution in [3.63, 3.8) is 0 Å². The summed E-state index contributed by atoms with van der Waals surface area (Å²) in [6.07, 6.45) is 0. The van der Waals surface area contributed by atoms with Crippen molar-refractivity contribution in [2.45, 2.75) is 0 Å². The molecule has 0 fully saturated rings. The van der Waals surface area contributed by atoms with Crippen LogP contribution in [0, 0.1) is 21.7 Å². The number of carbonyl (C=O) groups is 2. The van der Waals surface area contributed by atoms with Gasteiger partial charge in [0.15, 0.2) is 0 Å². The molecule has 27 heavy (non-hydrogen) atoms. The number of nitro benzene ring substituents is 1. The largest absolute Gasteiger partial charge is 0.378 e. The highest BCUT2D eigenvalue weighted by Crippen LogP contribution is 2.22. The Kier molecular flexibility index (Phi) is 6.75. The highest BCUT2D eigenvalue weighted by atomic mass is 19.1. The van der Waals surface area contributed by atoms with Crippen LogP contribution in [0.4, 0.5) is 20.2 Å². The molecule has 2 amide bonds. The van der Waals surface area contributed by atoms with Gasteiger partial charge in [-0.2, -0.15) is 0 Å². The third-order valence-corrected chi connectivity index (χ3v) is 3.45. The van der Waals surface area contributed by atoms with Crippen molar-refractivity contribution in [3.05, 3.63) is 69.8 Å². The van der Waals surface area contributed by atoms with Gasteiger partial charge in [0.05, 0.1) is 17.0 Å². The maximum Gasteiger partial charge on any atom is 0.292 e. The first-order valence-corrected chi connectivity index (χ1v) is 7.85. The average Bonchev–Trinajstić information content (AvgIpc) is 2.63. The molecule has 0 spiro atoms. The van der Waals surface area contributed by atoms with E-state index in [1.807, 2.05) is 0 Å². The van der Waals surface area contributed by atoms with E-state index in [1.165, 1.54) is 18.2 Å². The van der Waals surface area contributed by atoms with E-state index in [0.29, 0.717) is 11.8 Å². The van der Waals surface area contributed by atoms with Gasteiger partial charge >= 0.3 is 0 Å². The lowest BCUT2D eigenvalue weighted by atomic mass is 10.2. The Labute approximate surface area is 152 Å². The van der Waals surface area contributed by atoms with Crippen LogP contribution in [0.2, 0.25) is 0 Å². The molecule has 0 aliphatic heterocycles. The van der Waals surface area contributed by atoms with Crippen LogP contribution in [-0.4, -0.2) is 36.4 Å². The molecule has 142 valence electrons. The molecule has 0 aliphatic carbocycles. The van der Waals surface area contributed by atoms with E-state index in [0.717, 1.165) is 12.1 Å². The second kappa shape index (κ2) is 9.22. The molecule has 0 aromatic heterocycles. The molecule has 0 atom stereocenters. The van der Waals surface area contributed by atoms with Crippen LogP contribution in [0.5, 0.6) is 0 Å². The van der Waals surface area contributed by atoms with Gasteiger partial charge in [-0.15, -0.1) is 0 Å². The summed E-state index contributed by atoms with van der Waals surface area (Å²) in [5, 5.41) is 18.4. The molecule has 0 saturated heterocycles. The van der Waals surface area contributed by atoms with Gasteiger partial charge in [-0.3, -0.25) is 19.7 Å². The van der Waals surface area contributed by atoms with E-state index in [9.17, 15) is 28.5 Å². The van der Waals surface area contributed by atoms with E-state index in [2.05, 4.69) is 16.0 Å². The third kappa shape index (κ3) is 5.73. The zero-order chi connectivity index (χ0) is 19.8. The number of halogens is 2. The van der Waals surface area contributed by atoms with Gasteiger partial charge < -0.3 is 16.0 Å². The fourth-order valence-corrected chi connectivity index (χ4v) is 2.17. The monoisotopic (exact) mass is 378 g/mol. The summed E-state index contributed by atoms with van der Waals surface area (Å²) in [5.41, 5.74) is -0.142. The van der Waals surface area contributed by atoms with Crippen LogP contribution < -0.4 is 16.0 Å². The van der Waals surface area contributed by atoms with Gasteiger partial charge in [0, 0.05) is 25.2 Å². The van der Waals surface area contributed by atoms with Crippen molar-refractivity contribution in [1.82, 2.24) is 10.6 Å². The summed E-state index contributed by atoms with van der Waals surface area (Å²) in [7, 11) is 0. The number of nitro groups is 1. The normalized spacial score (nSPS) is 10.1. The number of nitrogens with zero attached hydrogens (tertiary/aromatic N) is 1. The molecule has 3 N–H and O–H groups in total. The van der Waals surface area contributed by atoms with Crippen LogP contribution in [-0.2, 0) is 4.79 Å². The minimum Gasteiger partial charge on any atom is -0.378 e. The molecule has 0 heterocycles. The molecule has 2 rings (SSSR count). The van der Waals surface area contributed by atoms with E-state index >= 15 is 0 Å². The number of rotatable bonds is 8. The maximum absolute atomic E-state index is 13.5. The fourth-order valence-electron chi connectivity index (χ4n) is 2.17. The maximum atomic E-state index is 13.5. The third-order valence-electron chi connectivity index (χ3n) is 3.45. The van der Waals surface area contributed by atoms with Gasteiger partial charge in [0.2, 0.25) is 5.91 Å². The molecule has 0 aliphatic rings. The van der Waals surface area contributed by atoms with E-state index in [-0.39, 0.29) is 24.3 Å². The van der Waals surface area contributed by atoms with E-state index < -0.39 is 34.9 Å². The van der Waals surface area contributed by atoms with Crippen LogP contribution in [0.1, 0.15) is 10.4 Å². The van der Waals surface area contributed by atoms with Crippen molar-refractivity contribution < 1.29 is 23.3 Å². The summed E-state index contributed by atoms with van der Waals surface area (Å²) in [6.45, 7) is -0.0378. The van der Waals surface area contributed by atoms with Crippen molar-refractivity contribution in [1.29, 1.82) is 0 Å². The number of para-hydroxylation sites is 2. The van der Waals surface area contributed by atoms with Crippen molar-refractivity contribution in [3.8, 4) is 0 Å². The molecular formula is C17H16F2N4O4. The van der Waals surface area contributed by atoms with Gasteiger partial charge in [0.1, 0.15) is 17.3 Å². The first-order valence-electron chi connectivity index (χ1n) is 7.85. The van der Waals surface area contributed by atoms with Crippen molar-refractivity contribution in [2.75, 3.05) is 25.0 Å². The van der Waals surface area contributed by atoms with Gasteiger partial charge in [-0.25, -0.2) is 8.78 Å². The van der Waals surface area contributed by atoms with Crippen molar-refractivity contribution in [2.24, 2.45) is 0 Å². The van der Waals surface area contributed by atoms with E-state index in [4.69, 9.17) is 0 Å². The standard InChI is InChI=1S/C17H16F2N4O4/c18-11-5-6-12(13(19)9-11)17(25)22-10-16(24)21-8-7-20-14-3-1-2-4-15(14)23(26)27/h1-6,9,20H,7-8,10H2,(H,21,24)(H,22,25). The lowest BCUT2D eigenvalue weighted by Gasteiger charge is -2.09. The lowest BCUT2D eigenvalue weighted by Crippen LogP contribution is -2.38. The van der Waals surface area contributed by atoms with Crippen LogP contribution >= 0.6 is 0 Å². The first-order chi connectivity index (χ1) is 12.9. The van der Waals surface area contributed by atoms with Crippen LogP contribution in [0.25, 0.3) is 0 Å². The van der Waals surface area contributed by atoms with Gasteiger partial charge in [-0.05, 0) is 18.2 Å². The summed E-state index contributed by atoms with van der Waals surface area (Å²) in [5.74, 6) is -3.22. The number of amides is 2. The number of hydrogen-bond donors (Lipinski definition) is 3. The molecular weight excluding hydrogens is 362 g/mol. The average molecular weight is 378 g/mol. The molecule has 0 unspecified atom stereocenters. The summed E-state index contributed by atoms with van der Waals surface area (Å²) in [6, 6.07) is 8.56. The van der Waals surface area contributed by atoms with Crippen LogP contribution in [0.15, 0.2) is 42.5 Å². The second-order valence-corrected chi connectivity index (χ2v) is 5.36. The SMILES string of the molecule is O=C(CNC(=O)c1ccc(F)cc1F)NCCNc1ccccc1[N+](=O)[O-]. The Hall–Kier alpha value is -3.56. The smallest absolute Gasteiger partial charge is 0.292 e. The molecule has 8 nitrogen and oxygen atoms in total. The minimum atomic E-state index is -1.03. The Bertz CT molecular complexity index is 861. The van der Waals surface area contributed by atoms with Gasteiger partial charge in [-0.1, -0.05) is 12.1 Å². The highest BCUT2D eigenvalue weighted by Gasteiger charge is 2.14. The number of hydrogen-bond acceptors (Lipinski definition) is 5. The predicted molar refractivity (Wildman–Crippen MR) is 93.3 cm³/mol. The molecule has 0 radical (unpaired) electrons. The predicted octanol–water partition coefficient (Wildman–Crippen LogP) is 1.83.